The fourth-order valence-corrected chi connectivity index (χ4v) is 2.89. The second-order valence-electron chi connectivity index (χ2n) is 4.93. The van der Waals surface area contributed by atoms with Crippen molar-refractivity contribution in [2.24, 2.45) is 7.05 Å². The standard InChI is InChI=1S/C15H14BrN3O/c1-19-15(13(16)9-18-19)11-6-3-7-14(12(11)8-17)20-10-4-2-5-10/h3,6-7,9-10H,2,4-5H2,1H3. The van der Waals surface area contributed by atoms with Crippen LogP contribution in [0.1, 0.15) is 24.8 Å². The van der Waals surface area contributed by atoms with Crippen LogP contribution >= 0.6 is 15.9 Å². The first-order chi connectivity index (χ1) is 9.70. The van der Waals surface area contributed by atoms with Gasteiger partial charge in [0, 0.05) is 12.6 Å². The van der Waals surface area contributed by atoms with Gasteiger partial charge in [-0.05, 0) is 41.3 Å². The SMILES string of the molecule is Cn1ncc(Br)c1-c1cccc(OC2CCC2)c1C#N. The molecule has 1 aliphatic carbocycles. The number of benzene rings is 1. The van der Waals surface area contributed by atoms with E-state index in [0.29, 0.717) is 11.3 Å². The van der Waals surface area contributed by atoms with Gasteiger partial charge in [-0.3, -0.25) is 4.68 Å². The number of rotatable bonds is 3. The lowest BCUT2D eigenvalue weighted by Crippen LogP contribution is -2.25. The van der Waals surface area contributed by atoms with E-state index in [2.05, 4.69) is 27.1 Å². The summed E-state index contributed by atoms with van der Waals surface area (Å²) in [6, 6.07) is 7.98. The molecule has 1 aromatic heterocycles. The molecular formula is C15H14BrN3O. The lowest BCUT2D eigenvalue weighted by molar-refractivity contribution is 0.120. The Morgan fingerprint density at radius 2 is 2.25 bits per heavy atom. The van der Waals surface area contributed by atoms with Crippen LogP contribution in [0.3, 0.4) is 0 Å². The number of hydrogen-bond acceptors (Lipinski definition) is 3. The van der Waals surface area contributed by atoms with E-state index in [4.69, 9.17) is 4.74 Å². The summed E-state index contributed by atoms with van der Waals surface area (Å²) in [7, 11) is 1.86. The predicted molar refractivity (Wildman–Crippen MR) is 79.3 cm³/mol. The summed E-state index contributed by atoms with van der Waals surface area (Å²) in [6.07, 6.45) is 5.34. The lowest BCUT2D eigenvalue weighted by Gasteiger charge is -2.27. The number of hydrogen-bond donors (Lipinski definition) is 0. The maximum Gasteiger partial charge on any atom is 0.138 e. The molecule has 0 unspecified atom stereocenters. The third-order valence-corrected chi connectivity index (χ3v) is 4.21. The Kier molecular flexibility index (Phi) is 3.49. The van der Waals surface area contributed by atoms with Crippen molar-refractivity contribution >= 4 is 15.9 Å². The molecule has 1 aromatic carbocycles. The van der Waals surface area contributed by atoms with Crippen LogP contribution in [-0.4, -0.2) is 15.9 Å². The highest BCUT2D eigenvalue weighted by atomic mass is 79.9. The van der Waals surface area contributed by atoms with Gasteiger partial charge >= 0.3 is 0 Å². The van der Waals surface area contributed by atoms with Gasteiger partial charge < -0.3 is 4.74 Å². The predicted octanol–water partition coefficient (Wildman–Crippen LogP) is 3.65. The van der Waals surface area contributed by atoms with Crippen molar-refractivity contribution in [1.82, 2.24) is 9.78 Å². The van der Waals surface area contributed by atoms with E-state index >= 15 is 0 Å². The molecule has 3 rings (SSSR count). The van der Waals surface area contributed by atoms with Crippen LogP contribution in [0.2, 0.25) is 0 Å². The van der Waals surface area contributed by atoms with E-state index in [1.54, 1.807) is 10.9 Å². The fraction of sp³-hybridized carbons (Fsp3) is 0.333. The highest BCUT2D eigenvalue weighted by Gasteiger charge is 2.22. The number of halogens is 1. The average molecular weight is 332 g/mol. The van der Waals surface area contributed by atoms with Crippen LogP contribution in [0.4, 0.5) is 0 Å². The largest absolute Gasteiger partial charge is 0.489 e. The zero-order valence-electron chi connectivity index (χ0n) is 11.1. The summed E-state index contributed by atoms with van der Waals surface area (Å²) in [5, 5.41) is 13.7. The molecule has 1 heterocycles. The Morgan fingerprint density at radius 1 is 1.45 bits per heavy atom. The minimum Gasteiger partial charge on any atom is -0.489 e. The highest BCUT2D eigenvalue weighted by Crippen LogP contribution is 2.36. The minimum atomic E-state index is 0.257. The summed E-state index contributed by atoms with van der Waals surface area (Å²) in [4.78, 5) is 0. The van der Waals surface area contributed by atoms with Crippen molar-refractivity contribution < 1.29 is 4.74 Å². The quantitative estimate of drug-likeness (QED) is 0.862. The molecule has 0 spiro atoms. The second-order valence-corrected chi connectivity index (χ2v) is 5.78. The molecule has 0 aliphatic heterocycles. The first kappa shape index (κ1) is 13.2. The second kappa shape index (κ2) is 5.29. The van der Waals surface area contributed by atoms with Crippen LogP contribution in [-0.2, 0) is 7.05 Å². The topological polar surface area (TPSA) is 50.8 Å². The van der Waals surface area contributed by atoms with E-state index in [0.717, 1.165) is 28.6 Å². The Labute approximate surface area is 126 Å². The van der Waals surface area contributed by atoms with Gasteiger partial charge in [0.05, 0.1) is 22.5 Å². The summed E-state index contributed by atoms with van der Waals surface area (Å²) >= 11 is 3.48. The van der Waals surface area contributed by atoms with E-state index in [-0.39, 0.29) is 6.10 Å². The maximum absolute atomic E-state index is 9.51. The zero-order chi connectivity index (χ0) is 14.1. The molecule has 1 aliphatic rings. The fourth-order valence-electron chi connectivity index (χ4n) is 2.32. The van der Waals surface area contributed by atoms with Gasteiger partial charge in [0.2, 0.25) is 0 Å². The van der Waals surface area contributed by atoms with E-state index in [1.165, 1.54) is 6.42 Å². The van der Waals surface area contributed by atoms with Crippen molar-refractivity contribution in [3.05, 3.63) is 34.4 Å². The van der Waals surface area contributed by atoms with Gasteiger partial charge in [0.25, 0.3) is 0 Å². The van der Waals surface area contributed by atoms with Gasteiger partial charge in [0.1, 0.15) is 17.4 Å². The van der Waals surface area contributed by atoms with Gasteiger partial charge in [0.15, 0.2) is 0 Å². The molecule has 1 fully saturated rings. The normalized spacial score (nSPS) is 14.7. The average Bonchev–Trinajstić information content (AvgIpc) is 2.73. The van der Waals surface area contributed by atoms with Crippen molar-refractivity contribution in [1.29, 1.82) is 5.26 Å². The monoisotopic (exact) mass is 331 g/mol. The van der Waals surface area contributed by atoms with Crippen LogP contribution in [0, 0.1) is 11.3 Å². The van der Waals surface area contributed by atoms with Crippen LogP contribution in [0.25, 0.3) is 11.3 Å². The first-order valence-corrected chi connectivity index (χ1v) is 7.37. The van der Waals surface area contributed by atoms with E-state index in [1.807, 2.05) is 25.2 Å². The summed E-state index contributed by atoms with van der Waals surface area (Å²) in [6.45, 7) is 0. The number of aromatic nitrogens is 2. The van der Waals surface area contributed by atoms with Gasteiger partial charge in [-0.25, -0.2) is 0 Å². The molecular weight excluding hydrogens is 318 g/mol. The van der Waals surface area contributed by atoms with Crippen molar-refractivity contribution in [2.75, 3.05) is 0 Å². The number of nitrogens with zero attached hydrogens (tertiary/aromatic N) is 3. The van der Waals surface area contributed by atoms with Crippen LogP contribution < -0.4 is 4.74 Å². The lowest BCUT2D eigenvalue weighted by atomic mass is 9.96. The number of ether oxygens (including phenoxy) is 1. The summed E-state index contributed by atoms with van der Waals surface area (Å²) in [5.74, 6) is 0.669. The molecule has 4 nitrogen and oxygen atoms in total. The van der Waals surface area contributed by atoms with Crippen LogP contribution in [0.5, 0.6) is 5.75 Å². The molecule has 1 saturated carbocycles. The zero-order valence-corrected chi connectivity index (χ0v) is 12.7. The Hall–Kier alpha value is -1.80. The molecule has 102 valence electrons. The van der Waals surface area contributed by atoms with E-state index < -0.39 is 0 Å². The molecule has 20 heavy (non-hydrogen) atoms. The molecule has 0 bridgehead atoms. The van der Waals surface area contributed by atoms with Gasteiger partial charge in [-0.2, -0.15) is 10.4 Å². The third kappa shape index (κ3) is 2.20. The Morgan fingerprint density at radius 3 is 2.80 bits per heavy atom. The van der Waals surface area contributed by atoms with Crippen LogP contribution in [0.15, 0.2) is 28.9 Å². The van der Waals surface area contributed by atoms with Gasteiger partial charge in [-0.15, -0.1) is 0 Å². The van der Waals surface area contributed by atoms with E-state index in [9.17, 15) is 5.26 Å². The molecule has 0 N–H and O–H groups in total. The number of nitriles is 1. The summed E-state index contributed by atoms with van der Waals surface area (Å²) in [5.41, 5.74) is 2.31. The van der Waals surface area contributed by atoms with Crippen molar-refractivity contribution in [2.45, 2.75) is 25.4 Å². The smallest absolute Gasteiger partial charge is 0.138 e. The maximum atomic E-state index is 9.51. The van der Waals surface area contributed by atoms with Gasteiger partial charge in [-0.1, -0.05) is 12.1 Å². The third-order valence-electron chi connectivity index (χ3n) is 3.63. The van der Waals surface area contributed by atoms with Crippen molar-refractivity contribution in [3.8, 4) is 23.1 Å². The Bertz CT molecular complexity index is 663. The highest BCUT2D eigenvalue weighted by molar-refractivity contribution is 9.10. The molecule has 0 atom stereocenters. The molecule has 5 heteroatoms. The molecule has 0 radical (unpaired) electrons. The summed E-state index contributed by atoms with van der Waals surface area (Å²) < 4.78 is 8.55. The molecule has 0 saturated heterocycles. The Balaban J connectivity index is 2.07. The number of aryl methyl sites for hydroxylation is 1. The molecule has 2 aromatic rings. The van der Waals surface area contributed by atoms with Crippen molar-refractivity contribution in [3.63, 3.8) is 0 Å². The minimum absolute atomic E-state index is 0.257. The molecule has 0 amide bonds. The first-order valence-electron chi connectivity index (χ1n) is 6.58.